The topological polar surface area (TPSA) is 28.7 Å². The summed E-state index contributed by atoms with van der Waals surface area (Å²) in [4.78, 5) is 0. The smallest absolute Gasteiger partial charge is 0.0991 e. The number of hydrogen-bond donors (Lipinski definition) is 0. The molecule has 0 spiro atoms. The number of hydrogen-bond acceptors (Lipinski definition) is 1. The highest BCUT2D eigenvalue weighted by Gasteiger charge is 2.46. The third-order valence-electron chi connectivity index (χ3n) is 8.50. The number of fused-ring (bicyclic) bond motifs is 6. The van der Waals surface area contributed by atoms with Crippen LogP contribution in [0.4, 0.5) is 0 Å². The Morgan fingerprint density at radius 3 is 1.88 bits per heavy atom. The van der Waals surface area contributed by atoms with E-state index in [4.69, 9.17) is 0 Å². The first-order chi connectivity index (χ1) is 19.8. The maximum atomic E-state index is 9.60. The first kappa shape index (κ1) is 22.6. The summed E-state index contributed by atoms with van der Waals surface area (Å²) in [6.45, 7) is 0. The summed E-state index contributed by atoms with van der Waals surface area (Å²) >= 11 is 0. The predicted octanol–water partition coefficient (Wildman–Crippen LogP) is 9.02. The van der Waals surface area contributed by atoms with Crippen molar-refractivity contribution in [1.82, 2.24) is 4.57 Å². The fourth-order valence-electron chi connectivity index (χ4n) is 6.89. The summed E-state index contributed by atoms with van der Waals surface area (Å²) in [5.41, 5.74) is 11.2. The number of nitrogens with zero attached hydrogens (tertiary/aromatic N) is 2. The molecule has 8 rings (SSSR count). The van der Waals surface area contributed by atoms with E-state index in [-0.39, 0.29) is 0 Å². The van der Waals surface area contributed by atoms with Crippen molar-refractivity contribution in [1.29, 1.82) is 5.26 Å². The quantitative estimate of drug-likeness (QED) is 0.234. The Bertz CT molecular complexity index is 2070. The summed E-state index contributed by atoms with van der Waals surface area (Å²) in [6.07, 6.45) is 0. The van der Waals surface area contributed by atoms with Gasteiger partial charge in [0, 0.05) is 16.5 Å². The minimum atomic E-state index is -0.447. The molecule has 0 radical (unpaired) electrons. The van der Waals surface area contributed by atoms with Gasteiger partial charge < -0.3 is 4.57 Å². The average molecular weight is 509 g/mol. The molecule has 40 heavy (non-hydrogen) atoms. The molecule has 6 aromatic carbocycles. The molecule has 0 atom stereocenters. The summed E-state index contributed by atoms with van der Waals surface area (Å²) in [5.74, 6) is 0. The SMILES string of the molecule is N#Cc1ccc2c(c1)c1ccccc1n2-c1ccc2c(c1)C(c1ccccc1)(c1ccccc1)c1ccccc1-2. The first-order valence-corrected chi connectivity index (χ1v) is 13.6. The second-order valence-electron chi connectivity index (χ2n) is 10.5. The highest BCUT2D eigenvalue weighted by molar-refractivity contribution is 6.09. The summed E-state index contributed by atoms with van der Waals surface area (Å²) in [7, 11) is 0. The lowest BCUT2D eigenvalue weighted by Crippen LogP contribution is -2.28. The fraction of sp³-hybridized carbons (Fsp3) is 0.0263. The lowest BCUT2D eigenvalue weighted by Gasteiger charge is -2.34. The van der Waals surface area contributed by atoms with Crippen LogP contribution in [0.25, 0.3) is 38.6 Å². The monoisotopic (exact) mass is 508 g/mol. The van der Waals surface area contributed by atoms with E-state index in [1.807, 2.05) is 12.1 Å². The zero-order chi connectivity index (χ0) is 26.7. The van der Waals surface area contributed by atoms with Crippen LogP contribution in [0, 0.1) is 11.3 Å². The van der Waals surface area contributed by atoms with Gasteiger partial charge in [-0.2, -0.15) is 5.26 Å². The maximum absolute atomic E-state index is 9.60. The number of aromatic nitrogens is 1. The number of benzene rings is 6. The lowest BCUT2D eigenvalue weighted by molar-refractivity contribution is 0.767. The van der Waals surface area contributed by atoms with E-state index >= 15 is 0 Å². The van der Waals surface area contributed by atoms with E-state index in [0.29, 0.717) is 5.56 Å². The molecular weight excluding hydrogens is 484 g/mol. The molecule has 0 unspecified atom stereocenters. The number of nitriles is 1. The molecule has 0 amide bonds. The number of para-hydroxylation sites is 1. The minimum absolute atomic E-state index is 0.447. The van der Waals surface area contributed by atoms with Crippen LogP contribution >= 0.6 is 0 Å². The van der Waals surface area contributed by atoms with Gasteiger partial charge in [-0.25, -0.2) is 0 Å². The first-order valence-electron chi connectivity index (χ1n) is 13.6. The highest BCUT2D eigenvalue weighted by atomic mass is 15.0. The van der Waals surface area contributed by atoms with E-state index < -0.39 is 5.41 Å². The fourth-order valence-corrected chi connectivity index (χ4v) is 6.89. The normalized spacial score (nSPS) is 13.2. The molecule has 1 heterocycles. The van der Waals surface area contributed by atoms with Crippen molar-refractivity contribution in [3.63, 3.8) is 0 Å². The lowest BCUT2D eigenvalue weighted by atomic mass is 9.67. The molecule has 7 aromatic rings. The molecule has 0 N–H and O–H groups in total. The van der Waals surface area contributed by atoms with Gasteiger partial charge in [0.15, 0.2) is 0 Å². The predicted molar refractivity (Wildman–Crippen MR) is 163 cm³/mol. The van der Waals surface area contributed by atoms with Crippen LogP contribution < -0.4 is 0 Å². The maximum Gasteiger partial charge on any atom is 0.0991 e. The molecule has 0 saturated carbocycles. The van der Waals surface area contributed by atoms with Gasteiger partial charge in [0.1, 0.15) is 0 Å². The van der Waals surface area contributed by atoms with Crippen LogP contribution in [-0.2, 0) is 5.41 Å². The van der Waals surface area contributed by atoms with E-state index in [1.165, 1.54) is 33.4 Å². The van der Waals surface area contributed by atoms with Gasteiger partial charge in [-0.05, 0) is 69.8 Å². The van der Waals surface area contributed by atoms with Crippen LogP contribution in [0.2, 0.25) is 0 Å². The van der Waals surface area contributed by atoms with Crippen molar-refractivity contribution in [3.05, 3.63) is 173 Å². The highest BCUT2D eigenvalue weighted by Crippen LogP contribution is 2.56. The van der Waals surface area contributed by atoms with Crippen molar-refractivity contribution in [3.8, 4) is 22.9 Å². The van der Waals surface area contributed by atoms with Gasteiger partial charge in [-0.15, -0.1) is 0 Å². The average Bonchev–Trinajstić information content (AvgIpc) is 3.52. The van der Waals surface area contributed by atoms with Crippen LogP contribution in [0.15, 0.2) is 146 Å². The molecule has 2 nitrogen and oxygen atoms in total. The Kier molecular flexibility index (Phi) is 4.83. The van der Waals surface area contributed by atoms with Gasteiger partial charge in [0.2, 0.25) is 0 Å². The van der Waals surface area contributed by atoms with Gasteiger partial charge in [-0.3, -0.25) is 0 Å². The molecule has 1 aliphatic rings. The van der Waals surface area contributed by atoms with Gasteiger partial charge in [0.25, 0.3) is 0 Å². The number of rotatable bonds is 3. The van der Waals surface area contributed by atoms with Crippen LogP contribution in [0.5, 0.6) is 0 Å². The van der Waals surface area contributed by atoms with Crippen molar-refractivity contribution in [2.24, 2.45) is 0 Å². The molecule has 1 aromatic heterocycles. The Balaban J connectivity index is 1.49. The summed E-state index contributed by atoms with van der Waals surface area (Å²) in [6, 6.07) is 54.4. The van der Waals surface area contributed by atoms with Crippen molar-refractivity contribution in [2.45, 2.75) is 5.41 Å². The molecule has 0 fully saturated rings. The van der Waals surface area contributed by atoms with Crippen molar-refractivity contribution in [2.75, 3.05) is 0 Å². The van der Waals surface area contributed by atoms with Gasteiger partial charge in [0.05, 0.1) is 28.1 Å². The van der Waals surface area contributed by atoms with E-state index in [2.05, 4.69) is 144 Å². The molecule has 0 aliphatic heterocycles. The molecule has 0 bridgehead atoms. The minimum Gasteiger partial charge on any atom is -0.309 e. The Hall–Kier alpha value is -5.39. The summed E-state index contributed by atoms with van der Waals surface area (Å²) in [5, 5.41) is 11.8. The molecule has 1 aliphatic carbocycles. The third-order valence-corrected chi connectivity index (χ3v) is 8.50. The summed E-state index contributed by atoms with van der Waals surface area (Å²) < 4.78 is 2.34. The van der Waals surface area contributed by atoms with Gasteiger partial charge in [-0.1, -0.05) is 109 Å². The van der Waals surface area contributed by atoms with E-state index in [0.717, 1.165) is 27.5 Å². The zero-order valence-electron chi connectivity index (χ0n) is 21.8. The second-order valence-corrected chi connectivity index (χ2v) is 10.5. The largest absolute Gasteiger partial charge is 0.309 e. The Labute approximate surface area is 233 Å². The van der Waals surface area contributed by atoms with Crippen molar-refractivity contribution >= 4 is 21.8 Å². The zero-order valence-corrected chi connectivity index (χ0v) is 21.8. The van der Waals surface area contributed by atoms with Crippen LogP contribution in [-0.4, -0.2) is 4.57 Å². The van der Waals surface area contributed by atoms with Crippen LogP contribution in [0.3, 0.4) is 0 Å². The second kappa shape index (κ2) is 8.56. The van der Waals surface area contributed by atoms with E-state index in [9.17, 15) is 5.26 Å². The molecule has 186 valence electrons. The van der Waals surface area contributed by atoms with E-state index in [1.54, 1.807) is 0 Å². The molecule has 2 heteroatoms. The third kappa shape index (κ3) is 2.98. The van der Waals surface area contributed by atoms with Gasteiger partial charge >= 0.3 is 0 Å². The molecule has 0 saturated heterocycles. The standard InChI is InChI=1S/C38H24N2/c39-25-26-19-22-37-33(23-26)32-16-8-10-18-36(32)40(37)29-20-21-31-30-15-7-9-17-34(30)38(35(31)24-29,27-11-3-1-4-12-27)28-13-5-2-6-14-28/h1-24H. The van der Waals surface area contributed by atoms with Crippen molar-refractivity contribution < 1.29 is 0 Å². The van der Waals surface area contributed by atoms with Crippen LogP contribution in [0.1, 0.15) is 27.8 Å². The Morgan fingerprint density at radius 1 is 0.500 bits per heavy atom. The Morgan fingerprint density at radius 2 is 1.12 bits per heavy atom. The molecular formula is C38H24N2.